The SMILES string of the molecule is CC1(C)O[C@@H]2[C@H](O1)[C@H](Cn1cc(CCN=C(N)N)nn1)O[C@@H]2CC(=O)NCCc1c[nH]c2ccccc12. The Kier molecular flexibility index (Phi) is 7.13. The van der Waals surface area contributed by atoms with Crippen LogP contribution in [0.4, 0.5) is 0 Å². The number of ether oxygens (including phenoxy) is 3. The molecular formula is C25H34N8O4. The van der Waals surface area contributed by atoms with Crippen LogP contribution in [0.1, 0.15) is 31.5 Å². The Hall–Kier alpha value is -3.48. The quantitative estimate of drug-likeness (QED) is 0.227. The van der Waals surface area contributed by atoms with E-state index in [0.717, 1.165) is 17.6 Å². The molecule has 12 heteroatoms. The number of guanidine groups is 1. The Balaban J connectivity index is 1.16. The number of nitrogens with one attached hydrogen (secondary N) is 2. The summed E-state index contributed by atoms with van der Waals surface area (Å²) in [5.74, 6) is -0.790. The maximum atomic E-state index is 12.8. The maximum Gasteiger partial charge on any atom is 0.222 e. The fourth-order valence-corrected chi connectivity index (χ4v) is 5.04. The summed E-state index contributed by atoms with van der Waals surface area (Å²) in [5.41, 5.74) is 13.8. The molecule has 2 fully saturated rings. The number of aromatic nitrogens is 4. The van der Waals surface area contributed by atoms with E-state index in [4.69, 9.17) is 25.7 Å². The number of nitrogens with two attached hydrogens (primary N) is 2. The van der Waals surface area contributed by atoms with E-state index in [0.29, 0.717) is 26.1 Å². The largest absolute Gasteiger partial charge is 0.370 e. The minimum absolute atomic E-state index is 0.0480. The molecule has 2 aliphatic rings. The number of H-pyrrole nitrogens is 1. The summed E-state index contributed by atoms with van der Waals surface area (Å²) in [6.07, 6.45) is 3.92. The van der Waals surface area contributed by atoms with Crippen LogP contribution in [0.5, 0.6) is 0 Å². The lowest BCUT2D eigenvalue weighted by Crippen LogP contribution is -2.35. The molecule has 37 heavy (non-hydrogen) atoms. The van der Waals surface area contributed by atoms with Gasteiger partial charge in [-0.2, -0.15) is 0 Å². The molecule has 0 saturated carbocycles. The number of fused-ring (bicyclic) bond motifs is 2. The molecule has 2 saturated heterocycles. The molecule has 12 nitrogen and oxygen atoms in total. The van der Waals surface area contributed by atoms with Crippen LogP contribution >= 0.6 is 0 Å². The number of rotatable bonds is 10. The van der Waals surface area contributed by atoms with Gasteiger partial charge < -0.3 is 36.0 Å². The van der Waals surface area contributed by atoms with E-state index < -0.39 is 11.9 Å². The van der Waals surface area contributed by atoms with Gasteiger partial charge >= 0.3 is 0 Å². The zero-order chi connectivity index (χ0) is 26.0. The van der Waals surface area contributed by atoms with Gasteiger partial charge in [0.15, 0.2) is 11.7 Å². The minimum atomic E-state index is -0.755. The van der Waals surface area contributed by atoms with Gasteiger partial charge in [-0.1, -0.05) is 23.4 Å². The average Bonchev–Trinajstić information content (AvgIpc) is 3.59. The third kappa shape index (κ3) is 5.92. The van der Waals surface area contributed by atoms with E-state index in [1.807, 2.05) is 44.4 Å². The van der Waals surface area contributed by atoms with Crippen molar-refractivity contribution < 1.29 is 19.0 Å². The van der Waals surface area contributed by atoms with E-state index in [2.05, 4.69) is 31.7 Å². The van der Waals surface area contributed by atoms with Crippen molar-refractivity contribution in [1.29, 1.82) is 0 Å². The van der Waals surface area contributed by atoms with Crippen molar-refractivity contribution in [3.8, 4) is 0 Å². The summed E-state index contributed by atoms with van der Waals surface area (Å²) >= 11 is 0. The number of benzene rings is 1. The summed E-state index contributed by atoms with van der Waals surface area (Å²) in [6, 6.07) is 8.14. The lowest BCUT2D eigenvalue weighted by atomic mass is 10.1. The first-order valence-corrected chi connectivity index (χ1v) is 12.5. The molecule has 6 N–H and O–H groups in total. The summed E-state index contributed by atoms with van der Waals surface area (Å²) in [5, 5.41) is 12.6. The minimum Gasteiger partial charge on any atom is -0.370 e. The zero-order valence-electron chi connectivity index (χ0n) is 21.1. The summed E-state index contributed by atoms with van der Waals surface area (Å²) in [4.78, 5) is 20.0. The number of para-hydroxylation sites is 1. The lowest BCUT2D eigenvalue weighted by Gasteiger charge is -2.24. The second-order valence-electron chi connectivity index (χ2n) is 9.93. The highest BCUT2D eigenvalue weighted by molar-refractivity contribution is 5.83. The molecule has 0 unspecified atom stereocenters. The van der Waals surface area contributed by atoms with Crippen molar-refractivity contribution in [3.05, 3.63) is 47.9 Å². The standard InChI is InChI=1S/C25H34N8O4/c1-25(2)36-22-19(11-21(34)28-9-7-15-12-30-18-6-4-3-5-17(15)18)35-20(23(22)37-25)14-33-13-16(31-32-33)8-10-29-24(26)27/h3-6,12-13,19-20,22-23,30H,7-11,14H2,1-2H3,(H,28,34)(H4,26,27,29)/t19-,20+,22+,23-/m1/s1. The van der Waals surface area contributed by atoms with Crippen LogP contribution in [0.15, 0.2) is 41.7 Å². The van der Waals surface area contributed by atoms with Crippen LogP contribution in [0, 0.1) is 0 Å². The van der Waals surface area contributed by atoms with Gasteiger partial charge in [-0.25, -0.2) is 4.68 Å². The van der Waals surface area contributed by atoms with Crippen molar-refractivity contribution in [1.82, 2.24) is 25.3 Å². The van der Waals surface area contributed by atoms with Gasteiger partial charge in [-0.05, 0) is 31.9 Å². The molecular weight excluding hydrogens is 476 g/mol. The molecule has 198 valence electrons. The highest BCUT2D eigenvalue weighted by Crippen LogP contribution is 2.40. The molecule has 0 bridgehead atoms. The van der Waals surface area contributed by atoms with Gasteiger partial charge in [0.2, 0.25) is 5.91 Å². The van der Waals surface area contributed by atoms with E-state index in [1.165, 1.54) is 10.9 Å². The third-order valence-electron chi connectivity index (χ3n) is 6.64. The molecule has 4 atom stereocenters. The molecule has 2 aromatic heterocycles. The monoisotopic (exact) mass is 510 g/mol. The maximum absolute atomic E-state index is 12.8. The number of carbonyl (C=O) groups excluding carboxylic acids is 1. The van der Waals surface area contributed by atoms with Gasteiger partial charge in [0, 0.05) is 42.8 Å². The van der Waals surface area contributed by atoms with Crippen LogP contribution in [0.3, 0.4) is 0 Å². The summed E-state index contributed by atoms with van der Waals surface area (Å²) < 4.78 is 20.3. The van der Waals surface area contributed by atoms with Crippen LogP contribution in [0.25, 0.3) is 10.9 Å². The Bertz CT molecular complexity index is 1260. The van der Waals surface area contributed by atoms with Crippen LogP contribution < -0.4 is 16.8 Å². The van der Waals surface area contributed by atoms with E-state index in [9.17, 15) is 4.79 Å². The van der Waals surface area contributed by atoms with E-state index in [1.54, 1.807) is 4.68 Å². The Labute approximate surface area is 214 Å². The van der Waals surface area contributed by atoms with Crippen molar-refractivity contribution in [2.45, 2.75) is 69.9 Å². The topological polar surface area (TPSA) is 168 Å². The number of amides is 1. The predicted octanol–water partition coefficient (Wildman–Crippen LogP) is 0.612. The second-order valence-corrected chi connectivity index (χ2v) is 9.93. The fraction of sp³-hybridized carbons (Fsp3) is 0.520. The number of aromatic amines is 1. The average molecular weight is 511 g/mol. The normalized spacial score (nSPS) is 24.3. The molecule has 0 radical (unpaired) electrons. The van der Waals surface area contributed by atoms with Crippen LogP contribution in [-0.2, 0) is 38.4 Å². The Morgan fingerprint density at radius 3 is 2.78 bits per heavy atom. The molecule has 1 aromatic carbocycles. The highest BCUT2D eigenvalue weighted by atomic mass is 16.8. The predicted molar refractivity (Wildman–Crippen MR) is 137 cm³/mol. The summed E-state index contributed by atoms with van der Waals surface area (Å²) in [7, 11) is 0. The molecule has 2 aliphatic heterocycles. The van der Waals surface area contributed by atoms with Crippen LogP contribution in [0.2, 0.25) is 0 Å². The molecule has 1 amide bonds. The van der Waals surface area contributed by atoms with Crippen molar-refractivity contribution in [2.75, 3.05) is 13.1 Å². The smallest absolute Gasteiger partial charge is 0.222 e. The van der Waals surface area contributed by atoms with Gasteiger partial charge in [-0.15, -0.1) is 5.10 Å². The van der Waals surface area contributed by atoms with Gasteiger partial charge in [0.1, 0.15) is 18.3 Å². The molecule has 3 aromatic rings. The molecule has 4 heterocycles. The summed E-state index contributed by atoms with van der Waals surface area (Å²) in [6.45, 7) is 5.15. The van der Waals surface area contributed by atoms with E-state index in [-0.39, 0.29) is 36.6 Å². The van der Waals surface area contributed by atoms with Crippen molar-refractivity contribution >= 4 is 22.8 Å². The highest BCUT2D eigenvalue weighted by Gasteiger charge is 2.55. The third-order valence-corrected chi connectivity index (χ3v) is 6.64. The van der Waals surface area contributed by atoms with Gasteiger partial charge in [-0.3, -0.25) is 9.79 Å². The number of hydrogen-bond donors (Lipinski definition) is 4. The fourth-order valence-electron chi connectivity index (χ4n) is 5.04. The molecule has 0 spiro atoms. The number of hydrogen-bond acceptors (Lipinski definition) is 7. The first-order chi connectivity index (χ1) is 17.8. The van der Waals surface area contributed by atoms with E-state index >= 15 is 0 Å². The van der Waals surface area contributed by atoms with Crippen molar-refractivity contribution in [3.63, 3.8) is 0 Å². The lowest BCUT2D eigenvalue weighted by molar-refractivity contribution is -0.189. The molecule has 0 aliphatic carbocycles. The van der Waals surface area contributed by atoms with Gasteiger partial charge in [0.25, 0.3) is 0 Å². The van der Waals surface area contributed by atoms with Gasteiger partial charge in [0.05, 0.1) is 24.8 Å². The Morgan fingerprint density at radius 2 is 1.97 bits per heavy atom. The number of nitrogens with zero attached hydrogens (tertiary/aromatic N) is 4. The first-order valence-electron chi connectivity index (χ1n) is 12.5. The zero-order valence-corrected chi connectivity index (χ0v) is 21.1. The second kappa shape index (κ2) is 10.5. The first kappa shape index (κ1) is 25.2. The molecule has 5 rings (SSSR count). The van der Waals surface area contributed by atoms with Crippen LogP contribution in [-0.4, -0.2) is 75.1 Å². The number of aliphatic imine (C=N–C) groups is 1. The number of carbonyl (C=O) groups is 1. The Morgan fingerprint density at radius 1 is 1.19 bits per heavy atom. The van der Waals surface area contributed by atoms with Crippen molar-refractivity contribution in [2.24, 2.45) is 16.5 Å².